The van der Waals surface area contributed by atoms with E-state index in [4.69, 9.17) is 51.8 Å². The van der Waals surface area contributed by atoms with Gasteiger partial charge in [-0.1, -0.05) is 46.9 Å². The SMILES string of the molecule is O=C1NC(=S)N(c2cccc(Cl)c2Cl)C(=O)/C1=C/c1ccc(Oc2ccc(C(F)(F)F)cc2[N+](=O)[O-])c(Cl)c1. The first-order chi connectivity index (χ1) is 18.3. The zero-order valence-electron chi connectivity index (χ0n) is 18.9. The van der Waals surface area contributed by atoms with Crippen LogP contribution in [0.1, 0.15) is 11.1 Å². The van der Waals surface area contributed by atoms with Crippen molar-refractivity contribution in [1.29, 1.82) is 0 Å². The number of nitro groups is 1. The number of hydrogen-bond acceptors (Lipinski definition) is 6. The van der Waals surface area contributed by atoms with Gasteiger partial charge in [0, 0.05) is 6.07 Å². The number of nitro benzene ring substituents is 1. The van der Waals surface area contributed by atoms with Crippen LogP contribution in [-0.2, 0) is 15.8 Å². The van der Waals surface area contributed by atoms with Gasteiger partial charge in [-0.05, 0) is 60.3 Å². The van der Waals surface area contributed by atoms with Crippen molar-refractivity contribution in [3.63, 3.8) is 0 Å². The molecule has 0 atom stereocenters. The first-order valence-electron chi connectivity index (χ1n) is 10.5. The average molecular weight is 617 g/mol. The first-order valence-corrected chi connectivity index (χ1v) is 12.0. The van der Waals surface area contributed by atoms with E-state index in [0.29, 0.717) is 12.1 Å². The van der Waals surface area contributed by atoms with Crippen LogP contribution in [0.15, 0.2) is 60.2 Å². The van der Waals surface area contributed by atoms with Gasteiger partial charge in [0.2, 0.25) is 5.75 Å². The molecule has 0 bridgehead atoms. The molecular weight excluding hydrogens is 606 g/mol. The summed E-state index contributed by atoms with van der Waals surface area (Å²) in [6.07, 6.45) is -3.59. The quantitative estimate of drug-likeness (QED) is 0.107. The Morgan fingerprint density at radius 3 is 2.33 bits per heavy atom. The highest BCUT2D eigenvalue weighted by Crippen LogP contribution is 2.40. The van der Waals surface area contributed by atoms with Crippen molar-refractivity contribution in [2.75, 3.05) is 4.90 Å². The minimum Gasteiger partial charge on any atom is -0.449 e. The molecule has 0 unspecified atom stereocenters. The average Bonchev–Trinajstić information content (AvgIpc) is 2.85. The second-order valence-electron chi connectivity index (χ2n) is 7.76. The Hall–Kier alpha value is -3.71. The topological polar surface area (TPSA) is 102 Å². The molecule has 1 N–H and O–H groups in total. The minimum atomic E-state index is -4.80. The maximum absolute atomic E-state index is 13.2. The Labute approximate surface area is 237 Å². The van der Waals surface area contributed by atoms with Crippen molar-refractivity contribution in [2.24, 2.45) is 0 Å². The van der Waals surface area contributed by atoms with Gasteiger partial charge in [-0.25, -0.2) is 0 Å². The molecule has 8 nitrogen and oxygen atoms in total. The lowest BCUT2D eigenvalue weighted by Gasteiger charge is -2.29. The van der Waals surface area contributed by atoms with E-state index >= 15 is 0 Å². The summed E-state index contributed by atoms with van der Waals surface area (Å²) < 4.78 is 44.3. The number of hydrogen-bond donors (Lipinski definition) is 1. The van der Waals surface area contributed by atoms with Gasteiger partial charge in [-0.2, -0.15) is 13.2 Å². The molecule has 3 aromatic carbocycles. The molecule has 200 valence electrons. The van der Waals surface area contributed by atoms with E-state index in [0.717, 1.165) is 11.0 Å². The monoisotopic (exact) mass is 615 g/mol. The number of benzene rings is 3. The van der Waals surface area contributed by atoms with Crippen LogP contribution in [0.3, 0.4) is 0 Å². The highest BCUT2D eigenvalue weighted by atomic mass is 35.5. The van der Waals surface area contributed by atoms with Crippen LogP contribution in [0, 0.1) is 10.1 Å². The summed E-state index contributed by atoms with van der Waals surface area (Å²) in [5.41, 5.74) is -2.09. The number of amides is 2. The molecule has 0 aromatic heterocycles. The van der Waals surface area contributed by atoms with Crippen molar-refractivity contribution in [3.05, 3.63) is 96.5 Å². The van der Waals surface area contributed by atoms with Gasteiger partial charge in [0.15, 0.2) is 5.11 Å². The smallest absolute Gasteiger partial charge is 0.416 e. The molecule has 1 saturated heterocycles. The lowest BCUT2D eigenvalue weighted by molar-refractivity contribution is -0.385. The summed E-state index contributed by atoms with van der Waals surface area (Å²) in [6.45, 7) is 0. The number of halogens is 6. The van der Waals surface area contributed by atoms with E-state index in [1.165, 1.54) is 36.4 Å². The number of rotatable bonds is 5. The highest BCUT2D eigenvalue weighted by Gasteiger charge is 2.36. The Morgan fingerprint density at radius 2 is 1.69 bits per heavy atom. The maximum atomic E-state index is 13.2. The number of carbonyl (C=O) groups excluding carboxylic acids is 2. The van der Waals surface area contributed by atoms with Crippen LogP contribution < -0.4 is 15.0 Å². The summed E-state index contributed by atoms with van der Waals surface area (Å²) in [5.74, 6) is -2.21. The molecule has 39 heavy (non-hydrogen) atoms. The molecule has 4 rings (SSSR count). The Morgan fingerprint density at radius 1 is 1.00 bits per heavy atom. The zero-order chi connectivity index (χ0) is 28.6. The molecule has 0 aliphatic carbocycles. The minimum absolute atomic E-state index is 0.0345. The summed E-state index contributed by atoms with van der Waals surface area (Å²) in [7, 11) is 0. The molecule has 3 aromatic rings. The van der Waals surface area contributed by atoms with E-state index in [1.54, 1.807) is 6.07 Å². The largest absolute Gasteiger partial charge is 0.449 e. The van der Waals surface area contributed by atoms with E-state index in [9.17, 15) is 32.9 Å². The van der Waals surface area contributed by atoms with Crippen molar-refractivity contribution in [3.8, 4) is 11.5 Å². The van der Waals surface area contributed by atoms with Gasteiger partial charge in [0.05, 0.1) is 31.2 Å². The lowest BCUT2D eigenvalue weighted by Crippen LogP contribution is -2.54. The van der Waals surface area contributed by atoms with Gasteiger partial charge in [-0.15, -0.1) is 0 Å². The van der Waals surface area contributed by atoms with Crippen molar-refractivity contribution in [1.82, 2.24) is 5.32 Å². The standard InChI is InChI=1S/C24H11Cl3F3N3O5S/c25-14-2-1-3-16(20(14)27)32-22(35)13(21(34)31-23(32)39)8-11-4-6-18(15(26)9-11)38-19-7-5-12(24(28,29)30)10-17(19)33(36)37/h1-10H,(H,31,34,39)/b13-8+. The third kappa shape index (κ3) is 5.83. The third-order valence-corrected chi connectivity index (χ3v) is 6.63. The fourth-order valence-electron chi connectivity index (χ4n) is 3.44. The van der Waals surface area contributed by atoms with E-state index in [-0.39, 0.29) is 42.8 Å². The number of alkyl halides is 3. The van der Waals surface area contributed by atoms with Gasteiger partial charge in [0.1, 0.15) is 11.3 Å². The van der Waals surface area contributed by atoms with Gasteiger partial charge in [-0.3, -0.25) is 29.9 Å². The first kappa shape index (κ1) is 28.3. The van der Waals surface area contributed by atoms with Crippen LogP contribution in [0.4, 0.5) is 24.5 Å². The third-order valence-electron chi connectivity index (χ3n) is 5.24. The summed E-state index contributed by atoms with van der Waals surface area (Å²) in [4.78, 5) is 37.1. The number of anilines is 1. The van der Waals surface area contributed by atoms with Crippen LogP contribution in [0.5, 0.6) is 11.5 Å². The normalized spacial score (nSPS) is 15.0. The van der Waals surface area contributed by atoms with Crippen LogP contribution in [0.25, 0.3) is 6.08 Å². The number of carbonyl (C=O) groups is 2. The van der Waals surface area contributed by atoms with Crippen LogP contribution in [-0.4, -0.2) is 21.9 Å². The Kier molecular flexibility index (Phi) is 7.84. The van der Waals surface area contributed by atoms with Crippen LogP contribution >= 0.6 is 47.0 Å². The fourth-order valence-corrected chi connectivity index (χ4v) is 4.32. The van der Waals surface area contributed by atoms with Crippen LogP contribution in [0.2, 0.25) is 15.1 Å². The van der Waals surface area contributed by atoms with Gasteiger partial charge < -0.3 is 4.74 Å². The molecule has 1 heterocycles. The number of ether oxygens (including phenoxy) is 1. The summed E-state index contributed by atoms with van der Waals surface area (Å²) in [6, 6.07) is 10.2. The molecule has 0 radical (unpaired) electrons. The lowest BCUT2D eigenvalue weighted by atomic mass is 10.1. The Bertz CT molecular complexity index is 1600. The summed E-state index contributed by atoms with van der Waals surface area (Å²) >= 11 is 23.6. The van der Waals surface area contributed by atoms with Crippen molar-refractivity contribution < 1.29 is 32.4 Å². The summed E-state index contributed by atoms with van der Waals surface area (Å²) in [5, 5.41) is 13.6. The Balaban J connectivity index is 1.65. The molecule has 0 spiro atoms. The second kappa shape index (κ2) is 10.8. The molecule has 0 saturated carbocycles. The molecule has 1 fully saturated rings. The van der Waals surface area contributed by atoms with Gasteiger partial charge in [0.25, 0.3) is 11.8 Å². The number of thiocarbonyl (C=S) groups is 1. The predicted molar refractivity (Wildman–Crippen MR) is 142 cm³/mol. The highest BCUT2D eigenvalue weighted by molar-refractivity contribution is 7.80. The van der Waals surface area contributed by atoms with Crippen molar-refractivity contribution >= 4 is 81.4 Å². The van der Waals surface area contributed by atoms with E-state index < -0.39 is 39.9 Å². The zero-order valence-corrected chi connectivity index (χ0v) is 22.0. The second-order valence-corrected chi connectivity index (χ2v) is 9.34. The maximum Gasteiger partial charge on any atom is 0.416 e. The molecule has 1 aliphatic rings. The van der Waals surface area contributed by atoms with E-state index in [2.05, 4.69) is 5.32 Å². The van der Waals surface area contributed by atoms with Gasteiger partial charge >= 0.3 is 11.9 Å². The molecular formula is C24H11Cl3F3N3O5S. The fraction of sp³-hybridized carbons (Fsp3) is 0.0417. The van der Waals surface area contributed by atoms with Crippen molar-refractivity contribution in [2.45, 2.75) is 6.18 Å². The van der Waals surface area contributed by atoms with E-state index in [1.807, 2.05) is 0 Å². The number of nitrogens with one attached hydrogen (secondary N) is 1. The molecule has 15 heteroatoms. The predicted octanol–water partition coefficient (Wildman–Crippen LogP) is 7.20. The molecule has 2 amide bonds. The molecule has 1 aliphatic heterocycles. The number of nitrogens with zero attached hydrogens (tertiary/aromatic N) is 2.